The molecule has 23 heavy (non-hydrogen) atoms. The minimum atomic E-state index is 0.441. The molecule has 0 radical (unpaired) electrons. The molecule has 0 aliphatic heterocycles. The van der Waals surface area contributed by atoms with E-state index < -0.39 is 0 Å². The summed E-state index contributed by atoms with van der Waals surface area (Å²) in [7, 11) is 0. The molecule has 0 N–H and O–H groups in total. The quantitative estimate of drug-likeness (QED) is 0.659. The molecule has 0 aliphatic carbocycles. The summed E-state index contributed by atoms with van der Waals surface area (Å²) >= 11 is 18.5. The van der Waals surface area contributed by atoms with Gasteiger partial charge in [-0.15, -0.1) is 10.2 Å². The summed E-state index contributed by atoms with van der Waals surface area (Å²) in [5.41, 5.74) is 2.37. The number of hydrogen-bond donors (Lipinski definition) is 0. The molecule has 0 amide bonds. The fourth-order valence-corrected chi connectivity index (χ4v) is 2.76. The highest BCUT2D eigenvalue weighted by Gasteiger charge is 2.13. The Morgan fingerprint density at radius 2 is 1.91 bits per heavy atom. The van der Waals surface area contributed by atoms with Crippen LogP contribution in [0.4, 0.5) is 0 Å². The highest BCUT2D eigenvalue weighted by Crippen LogP contribution is 2.24. The molecular formula is C14H11Cl3N6. The molecule has 1 aromatic carbocycles. The fraction of sp³-hybridized carbons (Fsp3) is 0.143. The van der Waals surface area contributed by atoms with Crippen LogP contribution in [0.15, 0.2) is 36.0 Å². The Hall–Kier alpha value is -1.89. The van der Waals surface area contributed by atoms with Crippen molar-refractivity contribution < 1.29 is 0 Å². The Bertz CT molecular complexity index is 854. The van der Waals surface area contributed by atoms with Gasteiger partial charge in [0.15, 0.2) is 0 Å². The third-order valence-electron chi connectivity index (χ3n) is 3.17. The first-order chi connectivity index (χ1) is 11.0. The lowest BCUT2D eigenvalue weighted by molar-refractivity contribution is 0.680. The molecule has 0 spiro atoms. The van der Waals surface area contributed by atoms with Crippen LogP contribution in [-0.2, 0) is 6.54 Å². The number of benzene rings is 1. The monoisotopic (exact) mass is 368 g/mol. The third-order valence-corrected chi connectivity index (χ3v) is 4.16. The van der Waals surface area contributed by atoms with E-state index in [4.69, 9.17) is 34.8 Å². The SMILES string of the molecule is Cc1nn(Cc2ccc(Cl)cc2Cl)c(Cl)c1C=Nn1cnnc1. The third kappa shape index (κ3) is 3.55. The van der Waals surface area contributed by atoms with Crippen molar-refractivity contribution in [1.29, 1.82) is 0 Å². The van der Waals surface area contributed by atoms with Gasteiger partial charge in [0.2, 0.25) is 0 Å². The molecule has 2 aromatic heterocycles. The summed E-state index contributed by atoms with van der Waals surface area (Å²) in [6, 6.07) is 5.32. The van der Waals surface area contributed by atoms with Gasteiger partial charge in [-0.2, -0.15) is 10.2 Å². The van der Waals surface area contributed by atoms with Gasteiger partial charge in [0, 0.05) is 10.0 Å². The van der Waals surface area contributed by atoms with Gasteiger partial charge in [0.25, 0.3) is 0 Å². The van der Waals surface area contributed by atoms with Crippen molar-refractivity contribution in [2.24, 2.45) is 5.10 Å². The molecular weight excluding hydrogens is 359 g/mol. The fourth-order valence-electron chi connectivity index (χ4n) is 2.01. The van der Waals surface area contributed by atoms with Crippen molar-refractivity contribution in [3.05, 3.63) is 62.9 Å². The summed E-state index contributed by atoms with van der Waals surface area (Å²) < 4.78 is 3.14. The molecule has 0 saturated heterocycles. The second kappa shape index (κ2) is 6.70. The maximum atomic E-state index is 6.40. The predicted octanol–water partition coefficient (Wildman–Crippen LogP) is 3.67. The first-order valence-electron chi connectivity index (χ1n) is 6.60. The maximum Gasteiger partial charge on any atom is 0.141 e. The van der Waals surface area contributed by atoms with Crippen molar-refractivity contribution in [1.82, 2.24) is 24.7 Å². The lowest BCUT2D eigenvalue weighted by atomic mass is 10.2. The maximum absolute atomic E-state index is 6.40. The van der Waals surface area contributed by atoms with Crippen LogP contribution in [0.5, 0.6) is 0 Å². The summed E-state index contributed by atoms with van der Waals surface area (Å²) in [5, 5.41) is 17.6. The number of aryl methyl sites for hydroxylation is 1. The van der Waals surface area contributed by atoms with Crippen LogP contribution in [0.3, 0.4) is 0 Å². The second-order valence-electron chi connectivity index (χ2n) is 4.77. The Morgan fingerprint density at radius 1 is 1.17 bits per heavy atom. The molecule has 118 valence electrons. The van der Waals surface area contributed by atoms with E-state index in [9.17, 15) is 0 Å². The largest absolute Gasteiger partial charge is 0.249 e. The molecule has 0 saturated carbocycles. The average molecular weight is 370 g/mol. The zero-order valence-electron chi connectivity index (χ0n) is 12.0. The van der Waals surface area contributed by atoms with Crippen LogP contribution in [0.25, 0.3) is 0 Å². The van der Waals surface area contributed by atoms with Gasteiger partial charge in [-0.1, -0.05) is 40.9 Å². The predicted molar refractivity (Wildman–Crippen MR) is 90.6 cm³/mol. The van der Waals surface area contributed by atoms with Gasteiger partial charge in [-0.25, -0.2) is 9.36 Å². The van der Waals surface area contributed by atoms with Crippen LogP contribution in [0, 0.1) is 6.92 Å². The minimum absolute atomic E-state index is 0.441. The van der Waals surface area contributed by atoms with Crippen molar-refractivity contribution in [2.45, 2.75) is 13.5 Å². The van der Waals surface area contributed by atoms with Crippen LogP contribution < -0.4 is 0 Å². The van der Waals surface area contributed by atoms with Gasteiger partial charge in [0.1, 0.15) is 17.8 Å². The molecule has 3 aromatic rings. The lowest BCUT2D eigenvalue weighted by Crippen LogP contribution is -2.02. The summed E-state index contributed by atoms with van der Waals surface area (Å²) in [6.45, 7) is 2.30. The van der Waals surface area contributed by atoms with Crippen molar-refractivity contribution in [3.63, 3.8) is 0 Å². The van der Waals surface area contributed by atoms with E-state index in [2.05, 4.69) is 20.4 Å². The Morgan fingerprint density at radius 3 is 2.61 bits per heavy atom. The Kier molecular flexibility index (Phi) is 4.66. The number of aromatic nitrogens is 5. The Balaban J connectivity index is 1.88. The Labute approximate surface area is 147 Å². The van der Waals surface area contributed by atoms with Crippen molar-refractivity contribution >= 4 is 41.0 Å². The molecule has 0 bridgehead atoms. The average Bonchev–Trinajstić information content (AvgIpc) is 3.10. The van der Waals surface area contributed by atoms with Crippen LogP contribution in [0.1, 0.15) is 16.8 Å². The van der Waals surface area contributed by atoms with Gasteiger partial charge in [-0.3, -0.25) is 0 Å². The molecule has 0 fully saturated rings. The molecule has 3 rings (SSSR count). The molecule has 0 unspecified atom stereocenters. The molecule has 2 heterocycles. The van der Waals surface area contributed by atoms with Crippen LogP contribution in [0.2, 0.25) is 15.2 Å². The first kappa shape index (κ1) is 16.0. The molecule has 6 nitrogen and oxygen atoms in total. The summed E-state index contributed by atoms with van der Waals surface area (Å²) in [6.07, 6.45) is 4.59. The minimum Gasteiger partial charge on any atom is -0.249 e. The zero-order valence-corrected chi connectivity index (χ0v) is 14.3. The number of rotatable bonds is 4. The topological polar surface area (TPSA) is 60.9 Å². The van der Waals surface area contributed by atoms with Gasteiger partial charge >= 0.3 is 0 Å². The van der Waals surface area contributed by atoms with Crippen LogP contribution in [-0.4, -0.2) is 30.9 Å². The van der Waals surface area contributed by atoms with E-state index >= 15 is 0 Å². The molecule has 0 aliphatic rings. The zero-order chi connectivity index (χ0) is 16.4. The lowest BCUT2D eigenvalue weighted by Gasteiger charge is -2.06. The molecule has 9 heteroatoms. The van der Waals surface area contributed by atoms with E-state index in [-0.39, 0.29) is 0 Å². The number of hydrogen-bond acceptors (Lipinski definition) is 4. The second-order valence-corrected chi connectivity index (χ2v) is 5.97. The van der Waals surface area contributed by atoms with E-state index in [1.165, 1.54) is 17.3 Å². The first-order valence-corrected chi connectivity index (χ1v) is 7.74. The van der Waals surface area contributed by atoms with E-state index in [0.29, 0.717) is 21.7 Å². The van der Waals surface area contributed by atoms with Gasteiger partial charge in [-0.05, 0) is 24.6 Å². The number of halogens is 3. The standard InChI is InChI=1S/C14H11Cl3N6/c1-9-12(5-20-22-7-18-19-8-22)14(17)23(21-9)6-10-2-3-11(15)4-13(10)16/h2-5,7-8H,6H2,1H3. The summed E-state index contributed by atoms with van der Waals surface area (Å²) in [5.74, 6) is 0. The van der Waals surface area contributed by atoms with Gasteiger partial charge < -0.3 is 0 Å². The number of nitrogens with zero attached hydrogens (tertiary/aromatic N) is 6. The smallest absolute Gasteiger partial charge is 0.141 e. The van der Waals surface area contributed by atoms with Crippen LogP contribution >= 0.6 is 34.8 Å². The van der Waals surface area contributed by atoms with Crippen molar-refractivity contribution in [3.8, 4) is 0 Å². The highest BCUT2D eigenvalue weighted by molar-refractivity contribution is 6.35. The van der Waals surface area contributed by atoms with E-state index in [1.54, 1.807) is 23.0 Å². The van der Waals surface area contributed by atoms with E-state index in [0.717, 1.165) is 16.8 Å². The summed E-state index contributed by atoms with van der Waals surface area (Å²) in [4.78, 5) is 0. The molecule has 0 atom stereocenters. The van der Waals surface area contributed by atoms with E-state index in [1.807, 2.05) is 13.0 Å². The van der Waals surface area contributed by atoms with Crippen molar-refractivity contribution in [2.75, 3.05) is 0 Å². The highest BCUT2D eigenvalue weighted by atomic mass is 35.5. The normalized spacial score (nSPS) is 11.5. The van der Waals surface area contributed by atoms with Gasteiger partial charge in [0.05, 0.1) is 24.0 Å².